The predicted octanol–water partition coefficient (Wildman–Crippen LogP) is 5.84. The van der Waals surface area contributed by atoms with Crippen LogP contribution < -0.4 is 15.4 Å². The summed E-state index contributed by atoms with van der Waals surface area (Å²) in [5, 5.41) is 16.2. The Morgan fingerprint density at radius 1 is 1.26 bits per heavy atom. The van der Waals surface area contributed by atoms with Crippen LogP contribution in [0, 0.1) is 6.92 Å². The number of aliphatic hydroxyl groups is 1. The van der Waals surface area contributed by atoms with Crippen LogP contribution in [-0.4, -0.2) is 33.7 Å². The van der Waals surface area contributed by atoms with Gasteiger partial charge in [0.15, 0.2) is 0 Å². The third-order valence-corrected chi connectivity index (χ3v) is 5.03. The van der Waals surface area contributed by atoms with Crippen LogP contribution in [0.2, 0.25) is 0 Å². The van der Waals surface area contributed by atoms with Crippen molar-refractivity contribution in [2.24, 2.45) is 4.99 Å². The molecule has 1 amide bonds. The minimum atomic E-state index is -0.518. The number of anilines is 2. The fraction of sp³-hybridized carbons (Fsp3) is 0.346. The monoisotopic (exact) mass is 465 g/mol. The summed E-state index contributed by atoms with van der Waals surface area (Å²) in [6.45, 7) is 11.7. The number of aliphatic hydroxyl groups excluding tert-OH is 1. The van der Waals surface area contributed by atoms with Gasteiger partial charge in [-0.3, -0.25) is 14.2 Å². The lowest BCUT2D eigenvalue weighted by Crippen LogP contribution is -2.29. The number of fused-ring (bicyclic) bond motifs is 2. The molecule has 1 aliphatic rings. The fourth-order valence-electron chi connectivity index (χ4n) is 3.57. The second-order valence-corrected chi connectivity index (χ2v) is 7.10. The van der Waals surface area contributed by atoms with Crippen molar-refractivity contribution in [2.75, 3.05) is 17.7 Å². The Kier molecular flexibility index (Phi) is 9.67. The van der Waals surface area contributed by atoms with E-state index >= 15 is 0 Å². The number of methoxy groups -OCH3 is 1. The lowest BCUT2D eigenvalue weighted by molar-refractivity contribution is -0.117. The Morgan fingerprint density at radius 2 is 2.00 bits per heavy atom. The number of aliphatic imine (C=N–C) groups is 1. The van der Waals surface area contributed by atoms with Crippen molar-refractivity contribution in [3.05, 3.63) is 65.4 Å². The SMILES string of the molecule is CC.CC.CC=N/C=C(\O)Nc1c(C2Cc3ccc(OC)cc3NC2=O)nc2ccc(C)cn12. The van der Waals surface area contributed by atoms with Crippen molar-refractivity contribution in [1.29, 1.82) is 0 Å². The smallest absolute Gasteiger partial charge is 0.234 e. The minimum Gasteiger partial charge on any atom is -0.497 e. The van der Waals surface area contributed by atoms with E-state index in [-0.39, 0.29) is 11.8 Å². The molecule has 2 aromatic heterocycles. The number of nitrogens with one attached hydrogen (secondary N) is 2. The molecule has 8 heteroatoms. The summed E-state index contributed by atoms with van der Waals surface area (Å²) in [6.07, 6.45) is 5.27. The van der Waals surface area contributed by atoms with Crippen LogP contribution in [0.4, 0.5) is 11.5 Å². The first-order valence-electron chi connectivity index (χ1n) is 11.6. The van der Waals surface area contributed by atoms with Gasteiger partial charge in [-0.25, -0.2) is 4.98 Å². The third-order valence-electron chi connectivity index (χ3n) is 5.03. The van der Waals surface area contributed by atoms with Gasteiger partial charge in [-0.05, 0) is 43.5 Å². The first kappa shape index (κ1) is 26.4. The molecule has 3 N–H and O–H groups in total. The molecule has 1 unspecified atom stereocenters. The largest absolute Gasteiger partial charge is 0.497 e. The number of rotatable bonds is 5. The highest BCUT2D eigenvalue weighted by Crippen LogP contribution is 2.36. The molecule has 4 rings (SSSR count). The topological polar surface area (TPSA) is 100 Å². The summed E-state index contributed by atoms with van der Waals surface area (Å²) in [6, 6.07) is 9.47. The molecule has 1 aliphatic heterocycles. The van der Waals surface area contributed by atoms with E-state index in [1.165, 1.54) is 6.20 Å². The Hall–Kier alpha value is -3.81. The minimum absolute atomic E-state index is 0.140. The standard InChI is InChI=1S/C22H23N5O3.2C2H6/c1-4-23-11-19(28)26-21-20(25-18-8-5-13(2)12-27(18)21)16-9-14-6-7-15(30-3)10-17(14)24-22(16)29;2*1-2/h4-8,10-12,16,26,28H,9H2,1-3H3,(H,24,29);2*1-2H3/b19-11-,23-4?;;. The second-order valence-electron chi connectivity index (χ2n) is 7.10. The molecule has 1 atom stereocenters. The van der Waals surface area contributed by atoms with Crippen LogP contribution in [0.15, 0.2) is 53.6 Å². The number of imidazole rings is 1. The van der Waals surface area contributed by atoms with E-state index in [0.29, 0.717) is 29.3 Å². The van der Waals surface area contributed by atoms with Gasteiger partial charge >= 0.3 is 0 Å². The maximum Gasteiger partial charge on any atom is 0.234 e. The summed E-state index contributed by atoms with van der Waals surface area (Å²) >= 11 is 0. The molecule has 0 bridgehead atoms. The number of amides is 1. The van der Waals surface area contributed by atoms with Gasteiger partial charge in [-0.15, -0.1) is 0 Å². The molecular formula is C26H35N5O3. The van der Waals surface area contributed by atoms with Gasteiger partial charge in [-0.1, -0.05) is 39.8 Å². The van der Waals surface area contributed by atoms with Crippen LogP contribution in [-0.2, 0) is 11.2 Å². The molecule has 3 heterocycles. The van der Waals surface area contributed by atoms with Crippen molar-refractivity contribution in [1.82, 2.24) is 9.38 Å². The van der Waals surface area contributed by atoms with Gasteiger partial charge in [0.25, 0.3) is 0 Å². The molecule has 0 saturated carbocycles. The Bertz CT molecular complexity index is 1180. The number of benzene rings is 1. The van der Waals surface area contributed by atoms with Gasteiger partial charge in [0.05, 0.1) is 24.9 Å². The molecule has 0 spiro atoms. The normalized spacial score (nSPS) is 15.0. The Labute approximate surface area is 201 Å². The van der Waals surface area contributed by atoms with Gasteiger partial charge in [0.2, 0.25) is 11.8 Å². The van der Waals surface area contributed by atoms with Crippen LogP contribution >= 0.6 is 0 Å². The Morgan fingerprint density at radius 3 is 2.68 bits per heavy atom. The van der Waals surface area contributed by atoms with Crippen LogP contribution in [0.3, 0.4) is 0 Å². The summed E-state index contributed by atoms with van der Waals surface area (Å²) in [4.78, 5) is 21.6. The molecule has 182 valence electrons. The van der Waals surface area contributed by atoms with E-state index in [1.54, 1.807) is 20.2 Å². The average Bonchev–Trinajstić information content (AvgIpc) is 3.21. The molecule has 3 aromatic rings. The summed E-state index contributed by atoms with van der Waals surface area (Å²) < 4.78 is 7.09. The number of aromatic nitrogens is 2. The van der Waals surface area contributed by atoms with Gasteiger partial charge < -0.3 is 20.5 Å². The number of aryl methyl sites for hydroxylation is 1. The molecule has 0 fully saturated rings. The third kappa shape index (κ3) is 5.75. The van der Waals surface area contributed by atoms with Crippen molar-refractivity contribution in [3.8, 4) is 5.75 Å². The number of carbonyl (C=O) groups is 1. The molecular weight excluding hydrogens is 430 g/mol. The highest BCUT2D eigenvalue weighted by molar-refractivity contribution is 5.99. The second kappa shape index (κ2) is 12.4. The summed E-state index contributed by atoms with van der Waals surface area (Å²) in [7, 11) is 1.59. The van der Waals surface area contributed by atoms with Gasteiger partial charge in [0, 0.05) is 24.2 Å². The maximum atomic E-state index is 13.0. The molecule has 8 nitrogen and oxygen atoms in total. The maximum absolute atomic E-state index is 13.0. The molecule has 0 aliphatic carbocycles. The molecule has 0 radical (unpaired) electrons. The number of hydrogen-bond acceptors (Lipinski definition) is 6. The van der Waals surface area contributed by atoms with E-state index in [1.807, 2.05) is 75.5 Å². The van der Waals surface area contributed by atoms with E-state index < -0.39 is 5.92 Å². The van der Waals surface area contributed by atoms with Crippen LogP contribution in [0.25, 0.3) is 5.65 Å². The van der Waals surface area contributed by atoms with Crippen LogP contribution in [0.5, 0.6) is 5.75 Å². The highest BCUT2D eigenvalue weighted by atomic mass is 16.5. The number of nitrogens with zero attached hydrogens (tertiary/aromatic N) is 3. The van der Waals surface area contributed by atoms with E-state index in [4.69, 9.17) is 9.72 Å². The van der Waals surface area contributed by atoms with Crippen molar-refractivity contribution in [3.63, 3.8) is 0 Å². The van der Waals surface area contributed by atoms with Crippen molar-refractivity contribution < 1.29 is 14.6 Å². The van der Waals surface area contributed by atoms with E-state index in [9.17, 15) is 9.90 Å². The zero-order valence-corrected chi connectivity index (χ0v) is 21.0. The van der Waals surface area contributed by atoms with Crippen LogP contribution in [0.1, 0.15) is 57.4 Å². The van der Waals surface area contributed by atoms with Gasteiger partial charge in [0.1, 0.15) is 17.2 Å². The zero-order chi connectivity index (χ0) is 25.3. The molecule has 0 saturated heterocycles. The summed E-state index contributed by atoms with van der Waals surface area (Å²) in [5.74, 6) is 0.402. The zero-order valence-electron chi connectivity index (χ0n) is 21.0. The first-order chi connectivity index (χ1) is 16.5. The number of ether oxygens (including phenoxy) is 1. The first-order valence-corrected chi connectivity index (χ1v) is 11.6. The number of pyridine rings is 1. The summed E-state index contributed by atoms with van der Waals surface area (Å²) in [5.41, 5.74) is 3.99. The van der Waals surface area contributed by atoms with Crippen molar-refractivity contribution >= 4 is 29.3 Å². The van der Waals surface area contributed by atoms with Gasteiger partial charge in [-0.2, -0.15) is 0 Å². The Balaban J connectivity index is 0.000000970. The lowest BCUT2D eigenvalue weighted by atomic mass is 9.90. The average molecular weight is 466 g/mol. The van der Waals surface area contributed by atoms with E-state index in [0.717, 1.165) is 16.8 Å². The lowest BCUT2D eigenvalue weighted by Gasteiger charge is -2.24. The molecule has 34 heavy (non-hydrogen) atoms. The highest BCUT2D eigenvalue weighted by Gasteiger charge is 2.33. The van der Waals surface area contributed by atoms with E-state index in [2.05, 4.69) is 15.6 Å². The van der Waals surface area contributed by atoms with Crippen molar-refractivity contribution in [2.45, 2.75) is 53.9 Å². The molecule has 1 aromatic carbocycles. The number of carbonyl (C=O) groups excluding carboxylic acids is 1. The quantitative estimate of drug-likeness (QED) is 0.325. The predicted molar refractivity (Wildman–Crippen MR) is 139 cm³/mol. The fourth-order valence-corrected chi connectivity index (χ4v) is 3.57. The number of hydrogen-bond donors (Lipinski definition) is 3.